The van der Waals surface area contributed by atoms with Crippen molar-refractivity contribution < 1.29 is 9.53 Å². The molecule has 1 amide bonds. The average Bonchev–Trinajstić information content (AvgIpc) is 2.56. The van der Waals surface area contributed by atoms with Gasteiger partial charge in [-0.1, -0.05) is 0 Å². The van der Waals surface area contributed by atoms with Crippen molar-refractivity contribution in [2.24, 2.45) is 0 Å². The Morgan fingerprint density at radius 2 is 2.09 bits per heavy atom. The van der Waals surface area contributed by atoms with Gasteiger partial charge in [-0.3, -0.25) is 14.6 Å². The number of amides is 1. The van der Waals surface area contributed by atoms with E-state index in [-0.39, 0.29) is 23.3 Å². The predicted octanol–water partition coefficient (Wildman–Crippen LogP) is 0.848. The number of hydrogen-bond acceptors (Lipinski definition) is 5. The fraction of sp³-hybridized carbons (Fsp3) is 0.333. The molecule has 7 heteroatoms. The fourth-order valence-electron chi connectivity index (χ4n) is 2.45. The molecule has 114 valence electrons. The van der Waals surface area contributed by atoms with Gasteiger partial charge in [-0.05, 0) is 31.0 Å². The van der Waals surface area contributed by atoms with Gasteiger partial charge in [-0.25, -0.2) is 5.10 Å². The summed E-state index contributed by atoms with van der Waals surface area (Å²) in [4.78, 5) is 29.0. The number of pyridine rings is 1. The zero-order valence-electron chi connectivity index (χ0n) is 11.9. The van der Waals surface area contributed by atoms with Gasteiger partial charge in [0.25, 0.3) is 11.5 Å². The number of likely N-dealkylation sites (tertiary alicyclic amines) is 1. The molecule has 1 unspecified atom stereocenters. The molecule has 0 spiro atoms. The summed E-state index contributed by atoms with van der Waals surface area (Å²) in [5.41, 5.74) is -0.0850. The summed E-state index contributed by atoms with van der Waals surface area (Å²) in [6, 6.07) is 6.33. The van der Waals surface area contributed by atoms with E-state index >= 15 is 0 Å². The van der Waals surface area contributed by atoms with E-state index < -0.39 is 0 Å². The number of rotatable bonds is 3. The second kappa shape index (κ2) is 6.38. The SMILES string of the molecule is O=C(c1ccc(=O)[nH]n1)N1CCCC(Oc2ccncc2)C1. The van der Waals surface area contributed by atoms with Crippen LogP contribution in [-0.2, 0) is 0 Å². The summed E-state index contributed by atoms with van der Waals surface area (Å²) in [5.74, 6) is 0.552. The number of carbonyl (C=O) groups excluding carboxylic acids is 1. The molecule has 0 aromatic carbocycles. The molecule has 1 aliphatic rings. The van der Waals surface area contributed by atoms with Gasteiger partial charge in [0.1, 0.15) is 17.5 Å². The number of nitrogens with zero attached hydrogens (tertiary/aromatic N) is 3. The Balaban J connectivity index is 1.66. The number of nitrogens with one attached hydrogen (secondary N) is 1. The topological polar surface area (TPSA) is 88.2 Å². The van der Waals surface area contributed by atoms with E-state index in [1.54, 1.807) is 29.4 Å². The van der Waals surface area contributed by atoms with E-state index in [1.807, 2.05) is 0 Å². The highest BCUT2D eigenvalue weighted by atomic mass is 16.5. The van der Waals surface area contributed by atoms with Gasteiger partial charge in [0, 0.05) is 25.0 Å². The molecule has 3 heterocycles. The van der Waals surface area contributed by atoms with Crippen LogP contribution in [0.1, 0.15) is 23.3 Å². The smallest absolute Gasteiger partial charge is 0.274 e. The van der Waals surface area contributed by atoms with E-state index in [0.717, 1.165) is 18.6 Å². The van der Waals surface area contributed by atoms with Crippen LogP contribution in [0.3, 0.4) is 0 Å². The molecule has 7 nitrogen and oxygen atoms in total. The molecule has 1 aliphatic heterocycles. The van der Waals surface area contributed by atoms with E-state index in [2.05, 4.69) is 15.2 Å². The summed E-state index contributed by atoms with van der Waals surface area (Å²) in [6.45, 7) is 1.16. The first-order valence-electron chi connectivity index (χ1n) is 7.14. The largest absolute Gasteiger partial charge is 0.488 e. The Morgan fingerprint density at radius 1 is 1.27 bits per heavy atom. The van der Waals surface area contributed by atoms with Gasteiger partial charge < -0.3 is 9.64 Å². The van der Waals surface area contributed by atoms with Crippen molar-refractivity contribution >= 4 is 5.91 Å². The maximum absolute atomic E-state index is 12.4. The molecule has 1 fully saturated rings. The lowest BCUT2D eigenvalue weighted by atomic mass is 10.1. The van der Waals surface area contributed by atoms with Crippen LogP contribution < -0.4 is 10.3 Å². The van der Waals surface area contributed by atoms with E-state index in [9.17, 15) is 9.59 Å². The highest BCUT2D eigenvalue weighted by molar-refractivity contribution is 5.92. The lowest BCUT2D eigenvalue weighted by Gasteiger charge is -2.32. The molecule has 2 aromatic rings. The standard InChI is InChI=1S/C15H16N4O3/c20-14-4-3-13(17-18-14)15(21)19-9-1-2-12(10-19)22-11-5-7-16-8-6-11/h3-8,12H,1-2,9-10H2,(H,18,20). The zero-order valence-corrected chi connectivity index (χ0v) is 11.9. The van der Waals surface area contributed by atoms with Crippen molar-refractivity contribution in [2.45, 2.75) is 18.9 Å². The van der Waals surface area contributed by atoms with Crippen molar-refractivity contribution in [1.82, 2.24) is 20.1 Å². The summed E-state index contributed by atoms with van der Waals surface area (Å²) in [5, 5.41) is 6.06. The second-order valence-corrected chi connectivity index (χ2v) is 5.12. The number of H-pyrrole nitrogens is 1. The van der Waals surface area contributed by atoms with Gasteiger partial charge in [0.15, 0.2) is 0 Å². The van der Waals surface area contributed by atoms with Gasteiger partial charge in [-0.15, -0.1) is 0 Å². The normalized spacial score (nSPS) is 18.0. The fourth-order valence-corrected chi connectivity index (χ4v) is 2.45. The molecular weight excluding hydrogens is 284 g/mol. The Morgan fingerprint density at radius 3 is 2.82 bits per heavy atom. The zero-order chi connectivity index (χ0) is 15.4. The van der Waals surface area contributed by atoms with Crippen LogP contribution in [0.2, 0.25) is 0 Å². The third-order valence-corrected chi connectivity index (χ3v) is 3.52. The van der Waals surface area contributed by atoms with E-state index in [1.165, 1.54) is 12.1 Å². The Kier molecular flexibility index (Phi) is 4.13. The molecule has 3 rings (SSSR count). The van der Waals surface area contributed by atoms with Crippen LogP contribution in [0.4, 0.5) is 0 Å². The number of aromatic nitrogens is 3. The van der Waals surface area contributed by atoms with Gasteiger partial charge in [0.05, 0.1) is 6.54 Å². The molecule has 1 saturated heterocycles. The van der Waals surface area contributed by atoms with Crippen LogP contribution in [0.15, 0.2) is 41.5 Å². The minimum atomic E-state index is -0.325. The summed E-state index contributed by atoms with van der Waals surface area (Å²) < 4.78 is 5.88. The molecule has 22 heavy (non-hydrogen) atoms. The predicted molar refractivity (Wildman–Crippen MR) is 78.6 cm³/mol. The highest BCUT2D eigenvalue weighted by Crippen LogP contribution is 2.18. The lowest BCUT2D eigenvalue weighted by molar-refractivity contribution is 0.0531. The maximum atomic E-state index is 12.4. The molecular formula is C15H16N4O3. The average molecular weight is 300 g/mol. The Labute approximate surface area is 126 Å². The van der Waals surface area contributed by atoms with E-state index in [4.69, 9.17) is 4.74 Å². The molecule has 0 bridgehead atoms. The first-order valence-corrected chi connectivity index (χ1v) is 7.14. The van der Waals surface area contributed by atoms with Gasteiger partial charge in [-0.2, -0.15) is 5.10 Å². The number of hydrogen-bond donors (Lipinski definition) is 1. The first kappa shape index (κ1) is 14.2. The molecule has 1 N–H and O–H groups in total. The van der Waals surface area contributed by atoms with Crippen molar-refractivity contribution in [1.29, 1.82) is 0 Å². The van der Waals surface area contributed by atoms with Crippen molar-refractivity contribution in [3.63, 3.8) is 0 Å². The number of aromatic amines is 1. The van der Waals surface area contributed by atoms with Gasteiger partial charge >= 0.3 is 0 Å². The summed E-state index contributed by atoms with van der Waals surface area (Å²) in [6.07, 6.45) is 5.05. The Bertz CT molecular complexity index is 681. The van der Waals surface area contributed by atoms with Crippen molar-refractivity contribution in [3.8, 4) is 5.75 Å². The van der Waals surface area contributed by atoms with Crippen LogP contribution in [0.25, 0.3) is 0 Å². The maximum Gasteiger partial charge on any atom is 0.274 e. The van der Waals surface area contributed by atoms with Crippen LogP contribution in [0, 0.1) is 0 Å². The lowest BCUT2D eigenvalue weighted by Crippen LogP contribution is -2.44. The third kappa shape index (κ3) is 3.30. The number of ether oxygens (including phenoxy) is 1. The molecule has 0 radical (unpaired) electrons. The minimum absolute atomic E-state index is 0.0529. The van der Waals surface area contributed by atoms with Crippen molar-refractivity contribution in [3.05, 3.63) is 52.7 Å². The minimum Gasteiger partial charge on any atom is -0.488 e. The first-order chi connectivity index (χ1) is 10.7. The van der Waals surface area contributed by atoms with Crippen LogP contribution in [-0.4, -0.2) is 45.2 Å². The summed E-state index contributed by atoms with van der Waals surface area (Å²) >= 11 is 0. The number of piperidine rings is 1. The number of carbonyl (C=O) groups is 1. The molecule has 0 aliphatic carbocycles. The highest BCUT2D eigenvalue weighted by Gasteiger charge is 2.26. The van der Waals surface area contributed by atoms with E-state index in [0.29, 0.717) is 13.1 Å². The second-order valence-electron chi connectivity index (χ2n) is 5.12. The molecule has 2 aromatic heterocycles. The molecule has 0 saturated carbocycles. The third-order valence-electron chi connectivity index (χ3n) is 3.52. The summed E-state index contributed by atoms with van der Waals surface area (Å²) in [7, 11) is 0. The van der Waals surface area contributed by atoms with Gasteiger partial charge in [0.2, 0.25) is 0 Å². The quantitative estimate of drug-likeness (QED) is 0.908. The van der Waals surface area contributed by atoms with Crippen LogP contribution in [0.5, 0.6) is 5.75 Å². The van der Waals surface area contributed by atoms with Crippen LogP contribution >= 0.6 is 0 Å². The monoisotopic (exact) mass is 300 g/mol. The Hall–Kier alpha value is -2.70. The molecule has 1 atom stereocenters. The van der Waals surface area contributed by atoms with Crippen molar-refractivity contribution in [2.75, 3.05) is 13.1 Å².